The van der Waals surface area contributed by atoms with Crippen LogP contribution >= 0.6 is 0 Å². The minimum atomic E-state index is -0.523. The molecule has 7 heteroatoms. The third-order valence-corrected chi connectivity index (χ3v) is 9.41. The van der Waals surface area contributed by atoms with E-state index < -0.39 is 6.10 Å². The lowest BCUT2D eigenvalue weighted by molar-refractivity contribution is 0.108. The molecule has 0 aliphatic carbocycles. The van der Waals surface area contributed by atoms with Crippen LogP contribution in [0.5, 0.6) is 11.5 Å². The minimum absolute atomic E-state index is 0. The molecule has 1 fully saturated rings. The molecule has 7 rings (SSSR count). The standard InChI is InChI=1S/C23H25NO2.C22H24N2O2.CH4/c1-18(23(25)21-10-6-3-7-11-21)24-16-19-12-14-22(15-13-19)26-17-20-8-4-2-5-9-20;25-22-18(14-24-11-4-5-12-24)13-19(20-9-6-10-23-21(20)22)16-26-15-17-7-2-1-3-8-17;/h2-15,18,23-25H,16-17H2,1H3;1-3,6-10,13,25H,4-5,11-12,14-16H2;1H4. The maximum Gasteiger partial charge on any atom is 0.146 e. The number of nitrogens with zero attached hydrogens (tertiary/aromatic N) is 2. The molecule has 1 aliphatic heterocycles. The molecular formula is C46H53N3O4. The Labute approximate surface area is 314 Å². The van der Waals surface area contributed by atoms with E-state index >= 15 is 0 Å². The first kappa shape index (κ1) is 39.2. The Morgan fingerprint density at radius 3 is 2.00 bits per heavy atom. The molecule has 0 spiro atoms. The first-order chi connectivity index (χ1) is 25.5. The molecule has 53 heavy (non-hydrogen) atoms. The summed E-state index contributed by atoms with van der Waals surface area (Å²) < 4.78 is 11.8. The molecule has 3 N–H and O–H groups in total. The van der Waals surface area contributed by atoms with Crippen molar-refractivity contribution in [2.24, 2.45) is 0 Å². The largest absolute Gasteiger partial charge is 0.505 e. The predicted octanol–water partition coefficient (Wildman–Crippen LogP) is 9.37. The molecule has 1 saturated heterocycles. The van der Waals surface area contributed by atoms with Crippen LogP contribution in [0, 0.1) is 0 Å². The molecule has 0 bridgehead atoms. The van der Waals surface area contributed by atoms with Crippen LogP contribution in [0.4, 0.5) is 0 Å². The SMILES string of the molecule is C.CC(NCc1ccc(OCc2ccccc2)cc1)C(O)c1ccccc1.Oc1c(CN2CCCC2)cc(COCc2ccccc2)c2cccnc12. The third kappa shape index (κ3) is 11.5. The second-order valence-corrected chi connectivity index (χ2v) is 13.3. The topological polar surface area (TPSA) is 87.1 Å². The molecule has 0 amide bonds. The van der Waals surface area contributed by atoms with E-state index in [4.69, 9.17) is 9.47 Å². The number of likely N-dealkylation sites (tertiary alicyclic amines) is 1. The smallest absolute Gasteiger partial charge is 0.146 e. The van der Waals surface area contributed by atoms with E-state index in [0.717, 1.165) is 64.2 Å². The summed E-state index contributed by atoms with van der Waals surface area (Å²) in [7, 11) is 0. The lowest BCUT2D eigenvalue weighted by atomic mass is 10.0. The number of fused-ring (bicyclic) bond motifs is 1. The maximum atomic E-state index is 10.7. The van der Waals surface area contributed by atoms with E-state index in [2.05, 4.69) is 57.7 Å². The number of rotatable bonds is 14. The molecule has 7 nitrogen and oxygen atoms in total. The summed E-state index contributed by atoms with van der Waals surface area (Å²) in [5, 5.41) is 25.5. The van der Waals surface area contributed by atoms with E-state index in [-0.39, 0.29) is 13.5 Å². The molecule has 0 saturated carbocycles. The third-order valence-electron chi connectivity index (χ3n) is 9.41. The number of phenolic OH excluding ortho intramolecular Hbond substituents is 1. The molecule has 6 aromatic rings. The first-order valence-corrected chi connectivity index (χ1v) is 18.2. The second kappa shape index (κ2) is 20.3. The number of aliphatic hydroxyl groups is 1. The zero-order valence-corrected chi connectivity index (χ0v) is 29.9. The Balaban J connectivity index is 0.000000201. The van der Waals surface area contributed by atoms with Crippen LogP contribution in [0.2, 0.25) is 0 Å². The van der Waals surface area contributed by atoms with Gasteiger partial charge in [0.15, 0.2) is 0 Å². The number of benzene rings is 5. The Hall–Kier alpha value is -5.05. The summed E-state index contributed by atoms with van der Waals surface area (Å²) in [4.78, 5) is 6.81. The van der Waals surface area contributed by atoms with Crippen molar-refractivity contribution in [2.75, 3.05) is 13.1 Å². The Bertz CT molecular complexity index is 1930. The van der Waals surface area contributed by atoms with Gasteiger partial charge >= 0.3 is 0 Å². The summed E-state index contributed by atoms with van der Waals surface area (Å²) in [6.45, 7) is 7.30. The van der Waals surface area contributed by atoms with Crippen molar-refractivity contribution in [3.8, 4) is 11.5 Å². The van der Waals surface area contributed by atoms with Gasteiger partial charge < -0.3 is 25.0 Å². The maximum absolute atomic E-state index is 10.7. The summed E-state index contributed by atoms with van der Waals surface area (Å²) in [5.74, 6) is 1.16. The Morgan fingerprint density at radius 2 is 1.34 bits per heavy atom. The van der Waals surface area contributed by atoms with Crippen molar-refractivity contribution in [2.45, 2.75) is 72.2 Å². The van der Waals surface area contributed by atoms with E-state index in [1.165, 1.54) is 12.8 Å². The minimum Gasteiger partial charge on any atom is -0.505 e. The fourth-order valence-corrected chi connectivity index (χ4v) is 6.41. The lowest BCUT2D eigenvalue weighted by Crippen LogP contribution is -2.31. The summed E-state index contributed by atoms with van der Waals surface area (Å²) in [5.41, 5.74) is 7.09. The van der Waals surface area contributed by atoms with E-state index in [1.807, 2.05) is 97.9 Å². The van der Waals surface area contributed by atoms with E-state index in [1.54, 1.807) is 6.20 Å². The monoisotopic (exact) mass is 711 g/mol. The van der Waals surface area contributed by atoms with Crippen LogP contribution in [0.3, 0.4) is 0 Å². The van der Waals surface area contributed by atoms with Crippen molar-refractivity contribution in [3.63, 3.8) is 0 Å². The normalized spacial score (nSPS) is 13.8. The van der Waals surface area contributed by atoms with Gasteiger partial charge in [-0.2, -0.15) is 0 Å². The average molecular weight is 712 g/mol. The number of hydrogen-bond acceptors (Lipinski definition) is 7. The molecule has 2 atom stereocenters. The number of aliphatic hydroxyl groups excluding tert-OH is 1. The van der Waals surface area contributed by atoms with Gasteiger partial charge in [-0.3, -0.25) is 9.88 Å². The van der Waals surface area contributed by atoms with Crippen molar-refractivity contribution in [1.82, 2.24) is 15.2 Å². The van der Waals surface area contributed by atoms with Gasteiger partial charge in [0.05, 0.1) is 19.3 Å². The highest BCUT2D eigenvalue weighted by Crippen LogP contribution is 2.32. The molecule has 276 valence electrons. The van der Waals surface area contributed by atoms with Crippen molar-refractivity contribution >= 4 is 10.9 Å². The predicted molar refractivity (Wildman–Crippen MR) is 215 cm³/mol. The fourth-order valence-electron chi connectivity index (χ4n) is 6.41. The van der Waals surface area contributed by atoms with E-state index in [9.17, 15) is 10.2 Å². The van der Waals surface area contributed by atoms with Crippen molar-refractivity contribution < 1.29 is 19.7 Å². The zero-order valence-electron chi connectivity index (χ0n) is 29.9. The molecule has 1 aromatic heterocycles. The number of aromatic hydroxyl groups is 1. The summed E-state index contributed by atoms with van der Waals surface area (Å²) >= 11 is 0. The van der Waals surface area contributed by atoms with E-state index in [0.29, 0.717) is 37.6 Å². The molecule has 2 heterocycles. The van der Waals surface area contributed by atoms with Gasteiger partial charge in [0, 0.05) is 36.3 Å². The summed E-state index contributed by atoms with van der Waals surface area (Å²) in [6.07, 6.45) is 3.68. The quantitative estimate of drug-likeness (QED) is 0.104. The lowest BCUT2D eigenvalue weighted by Gasteiger charge is -2.20. The van der Waals surface area contributed by atoms with Crippen LogP contribution in [0.15, 0.2) is 140 Å². The van der Waals surface area contributed by atoms with Crippen LogP contribution in [0.1, 0.15) is 66.7 Å². The first-order valence-electron chi connectivity index (χ1n) is 18.2. The highest BCUT2D eigenvalue weighted by molar-refractivity contribution is 5.88. The van der Waals surface area contributed by atoms with Gasteiger partial charge in [-0.1, -0.05) is 117 Å². The van der Waals surface area contributed by atoms with Gasteiger partial charge in [-0.25, -0.2) is 0 Å². The number of phenols is 1. The number of ether oxygens (including phenoxy) is 2. The van der Waals surface area contributed by atoms with Gasteiger partial charge in [0.25, 0.3) is 0 Å². The van der Waals surface area contributed by atoms with Crippen LogP contribution < -0.4 is 10.1 Å². The second-order valence-electron chi connectivity index (χ2n) is 13.3. The fraction of sp³-hybridized carbons (Fsp3) is 0.283. The molecular weight excluding hydrogens is 659 g/mol. The molecule has 2 unspecified atom stereocenters. The molecule has 0 radical (unpaired) electrons. The highest BCUT2D eigenvalue weighted by atomic mass is 16.5. The highest BCUT2D eigenvalue weighted by Gasteiger charge is 2.18. The van der Waals surface area contributed by atoms with Gasteiger partial charge in [-0.15, -0.1) is 0 Å². The number of pyridine rings is 1. The van der Waals surface area contributed by atoms with Crippen molar-refractivity contribution in [3.05, 3.63) is 173 Å². The van der Waals surface area contributed by atoms with Gasteiger partial charge in [0.1, 0.15) is 23.6 Å². The molecule has 1 aliphatic rings. The summed E-state index contributed by atoms with van der Waals surface area (Å²) in [6, 6.07) is 44.1. The zero-order chi connectivity index (χ0) is 36.0. The Kier molecular flexibility index (Phi) is 15.0. The number of aromatic nitrogens is 1. The average Bonchev–Trinajstić information content (AvgIpc) is 3.72. The number of hydrogen-bond donors (Lipinski definition) is 3. The van der Waals surface area contributed by atoms with Crippen LogP contribution in [0.25, 0.3) is 10.9 Å². The molecule has 5 aromatic carbocycles. The van der Waals surface area contributed by atoms with Crippen LogP contribution in [-0.4, -0.2) is 39.2 Å². The van der Waals surface area contributed by atoms with Gasteiger partial charge in [0.2, 0.25) is 0 Å². The number of nitrogens with one attached hydrogen (secondary N) is 1. The van der Waals surface area contributed by atoms with Gasteiger partial charge in [-0.05, 0) is 84.9 Å². The van der Waals surface area contributed by atoms with Crippen molar-refractivity contribution in [1.29, 1.82) is 0 Å². The Morgan fingerprint density at radius 1 is 0.717 bits per heavy atom. The van der Waals surface area contributed by atoms with Crippen LogP contribution in [-0.2, 0) is 37.6 Å².